The summed E-state index contributed by atoms with van der Waals surface area (Å²) in [4.78, 5) is 27.3. The molecule has 2 atom stereocenters. The Kier molecular flexibility index (Phi) is 4.00. The molecule has 7 heteroatoms. The van der Waals surface area contributed by atoms with Crippen molar-refractivity contribution >= 4 is 0 Å². The normalized spacial score (nSPS) is 24.6. The highest BCUT2D eigenvalue weighted by molar-refractivity contribution is 5.18. The molecule has 3 heterocycles. The van der Waals surface area contributed by atoms with Crippen LogP contribution in [0.1, 0.15) is 36.6 Å². The van der Waals surface area contributed by atoms with Gasteiger partial charge < -0.3 is 0 Å². The molecule has 6 nitrogen and oxygen atoms in total. The average Bonchev–Trinajstić information content (AvgIpc) is 3.15. The maximum Gasteiger partial charge on any atom is 0.332 e. The quantitative estimate of drug-likeness (QED) is 0.767. The zero-order chi connectivity index (χ0) is 18.5. The van der Waals surface area contributed by atoms with Gasteiger partial charge in [0.05, 0.1) is 0 Å². The third kappa shape index (κ3) is 2.94. The lowest BCUT2D eigenvalue weighted by Crippen LogP contribution is -2.45. The molecule has 1 saturated heterocycles. The van der Waals surface area contributed by atoms with Gasteiger partial charge in [-0.25, -0.2) is 9.07 Å². The zero-order valence-electron chi connectivity index (χ0n) is 15.2. The lowest BCUT2D eigenvalue weighted by molar-refractivity contribution is 0.256. The number of hydrogen-bond acceptors (Lipinski definition) is 4. The van der Waals surface area contributed by atoms with Gasteiger partial charge in [-0.15, -0.1) is 0 Å². The summed E-state index contributed by atoms with van der Waals surface area (Å²) in [5.74, 6) is 1.52. The summed E-state index contributed by atoms with van der Waals surface area (Å²) >= 11 is 0. The van der Waals surface area contributed by atoms with E-state index in [2.05, 4.69) is 10.00 Å². The summed E-state index contributed by atoms with van der Waals surface area (Å²) in [6.45, 7) is 3.58. The van der Waals surface area contributed by atoms with E-state index in [9.17, 15) is 14.0 Å². The summed E-state index contributed by atoms with van der Waals surface area (Å²) in [5, 5.41) is 4.62. The molecule has 2 aromatic rings. The minimum Gasteiger partial charge on any atom is -0.298 e. The van der Waals surface area contributed by atoms with E-state index >= 15 is 0 Å². The van der Waals surface area contributed by atoms with Gasteiger partial charge in [0.2, 0.25) is 0 Å². The van der Waals surface area contributed by atoms with Gasteiger partial charge in [0.25, 0.3) is 0 Å². The molecular formula is C20H23FN4O2. The van der Waals surface area contributed by atoms with Crippen molar-refractivity contribution in [1.29, 1.82) is 0 Å². The molecule has 1 aliphatic carbocycles. The van der Waals surface area contributed by atoms with E-state index in [0.29, 0.717) is 24.9 Å². The first-order valence-corrected chi connectivity index (χ1v) is 9.77. The fourth-order valence-electron chi connectivity index (χ4n) is 4.70. The Morgan fingerprint density at radius 3 is 2.52 bits per heavy atom. The first-order valence-electron chi connectivity index (χ1n) is 9.77. The molecule has 5 rings (SSSR count). The number of halogens is 1. The first kappa shape index (κ1) is 16.9. The largest absolute Gasteiger partial charge is 0.332 e. The molecule has 0 unspecified atom stereocenters. The number of benzene rings is 1. The van der Waals surface area contributed by atoms with Crippen LogP contribution in [0.2, 0.25) is 0 Å². The third-order valence-corrected chi connectivity index (χ3v) is 6.40. The fourth-order valence-corrected chi connectivity index (χ4v) is 4.70. The fraction of sp³-hybridized carbons (Fsp3) is 0.550. The van der Waals surface area contributed by atoms with Gasteiger partial charge in [0.1, 0.15) is 11.6 Å². The van der Waals surface area contributed by atoms with Crippen LogP contribution in [0.3, 0.4) is 0 Å². The Hall–Kier alpha value is -2.28. The van der Waals surface area contributed by atoms with Crippen LogP contribution in [0.5, 0.6) is 0 Å². The van der Waals surface area contributed by atoms with Crippen LogP contribution in [0, 0.1) is 17.7 Å². The molecule has 1 saturated carbocycles. The molecular weight excluding hydrogens is 347 g/mol. The van der Waals surface area contributed by atoms with Gasteiger partial charge in [-0.05, 0) is 36.5 Å². The predicted octanol–water partition coefficient (Wildman–Crippen LogP) is 1.57. The van der Waals surface area contributed by atoms with Gasteiger partial charge in [-0.1, -0.05) is 18.6 Å². The van der Waals surface area contributed by atoms with Crippen molar-refractivity contribution in [1.82, 2.24) is 19.2 Å². The average molecular weight is 370 g/mol. The second kappa shape index (κ2) is 6.41. The second-order valence-electron chi connectivity index (χ2n) is 8.25. The van der Waals surface area contributed by atoms with Crippen LogP contribution < -0.4 is 11.1 Å². The van der Waals surface area contributed by atoms with Crippen molar-refractivity contribution in [2.75, 3.05) is 13.1 Å². The SMILES string of the molecule is O=c1c(=O)n2c(nn1CC1CCC1)[C@H]1CN(Cc3ccc(F)cc3)C[C@H]1C2. The molecule has 3 aliphatic rings. The lowest BCUT2D eigenvalue weighted by Gasteiger charge is -2.25. The standard InChI is InChI=1S/C20H23FN4O2/c21-16-6-4-14(5-7-16)8-23-10-15-11-24-18(17(15)12-23)22-25(20(27)19(24)26)9-13-2-1-3-13/h4-7,13,15,17H,1-3,8-12H2/t15-,17-/m0/s1. The number of nitrogens with zero attached hydrogens (tertiary/aromatic N) is 4. The number of likely N-dealkylation sites (tertiary alicyclic amines) is 1. The Morgan fingerprint density at radius 1 is 1.04 bits per heavy atom. The molecule has 0 amide bonds. The molecule has 0 radical (unpaired) electrons. The van der Waals surface area contributed by atoms with Crippen molar-refractivity contribution in [3.8, 4) is 0 Å². The molecule has 1 aromatic heterocycles. The smallest absolute Gasteiger partial charge is 0.298 e. The highest BCUT2D eigenvalue weighted by Crippen LogP contribution is 2.37. The molecule has 142 valence electrons. The maximum absolute atomic E-state index is 13.1. The number of aromatic nitrogens is 3. The third-order valence-electron chi connectivity index (χ3n) is 6.40. The van der Waals surface area contributed by atoms with E-state index in [4.69, 9.17) is 0 Å². The molecule has 0 N–H and O–H groups in total. The van der Waals surface area contributed by atoms with Crippen LogP contribution in [-0.2, 0) is 19.6 Å². The van der Waals surface area contributed by atoms with E-state index < -0.39 is 11.1 Å². The highest BCUT2D eigenvalue weighted by Gasteiger charge is 2.42. The van der Waals surface area contributed by atoms with Gasteiger partial charge in [0.15, 0.2) is 0 Å². The van der Waals surface area contributed by atoms with Gasteiger partial charge in [-0.3, -0.25) is 19.1 Å². The van der Waals surface area contributed by atoms with E-state index in [0.717, 1.165) is 43.9 Å². The molecule has 0 bridgehead atoms. The summed E-state index contributed by atoms with van der Waals surface area (Å²) in [6, 6.07) is 6.61. The van der Waals surface area contributed by atoms with Crippen LogP contribution in [0.25, 0.3) is 0 Å². The van der Waals surface area contributed by atoms with Crippen LogP contribution in [0.15, 0.2) is 33.9 Å². The zero-order valence-corrected chi connectivity index (χ0v) is 15.2. The molecule has 27 heavy (non-hydrogen) atoms. The topological polar surface area (TPSA) is 60.1 Å². The van der Waals surface area contributed by atoms with Gasteiger partial charge in [0, 0.05) is 44.6 Å². The summed E-state index contributed by atoms with van der Waals surface area (Å²) in [7, 11) is 0. The number of hydrogen-bond donors (Lipinski definition) is 0. The Morgan fingerprint density at radius 2 is 1.81 bits per heavy atom. The summed E-state index contributed by atoms with van der Waals surface area (Å²) in [5.41, 5.74) is 0.185. The van der Waals surface area contributed by atoms with Crippen molar-refractivity contribution in [2.45, 2.75) is 44.8 Å². The van der Waals surface area contributed by atoms with E-state index in [1.165, 1.54) is 23.2 Å². The minimum atomic E-state index is -0.478. The van der Waals surface area contributed by atoms with Crippen LogP contribution in [0.4, 0.5) is 4.39 Å². The van der Waals surface area contributed by atoms with Crippen molar-refractivity contribution < 1.29 is 4.39 Å². The molecule has 0 spiro atoms. The van der Waals surface area contributed by atoms with E-state index in [-0.39, 0.29) is 11.7 Å². The van der Waals surface area contributed by atoms with Gasteiger partial charge in [-0.2, -0.15) is 5.10 Å². The van der Waals surface area contributed by atoms with E-state index in [1.54, 1.807) is 4.57 Å². The molecule has 2 aliphatic heterocycles. The lowest BCUT2D eigenvalue weighted by atomic mass is 9.85. The summed E-state index contributed by atoms with van der Waals surface area (Å²) < 4.78 is 16.1. The second-order valence-corrected chi connectivity index (χ2v) is 8.25. The molecule has 2 fully saturated rings. The highest BCUT2D eigenvalue weighted by atomic mass is 19.1. The summed E-state index contributed by atoms with van der Waals surface area (Å²) in [6.07, 6.45) is 3.43. The van der Waals surface area contributed by atoms with Crippen LogP contribution >= 0.6 is 0 Å². The Bertz CT molecular complexity index is 977. The van der Waals surface area contributed by atoms with Crippen molar-refractivity contribution in [3.63, 3.8) is 0 Å². The van der Waals surface area contributed by atoms with Crippen molar-refractivity contribution in [3.05, 3.63) is 62.2 Å². The Balaban J connectivity index is 1.37. The van der Waals surface area contributed by atoms with Crippen LogP contribution in [-0.4, -0.2) is 32.3 Å². The number of rotatable bonds is 4. The maximum atomic E-state index is 13.1. The van der Waals surface area contributed by atoms with E-state index in [1.807, 2.05) is 12.1 Å². The predicted molar refractivity (Wildman–Crippen MR) is 98.0 cm³/mol. The monoisotopic (exact) mass is 370 g/mol. The number of fused-ring (bicyclic) bond motifs is 3. The van der Waals surface area contributed by atoms with Crippen molar-refractivity contribution in [2.24, 2.45) is 11.8 Å². The minimum absolute atomic E-state index is 0.186. The molecule has 1 aromatic carbocycles. The Labute approximate surface area is 156 Å². The van der Waals surface area contributed by atoms with Gasteiger partial charge >= 0.3 is 11.1 Å². The first-order chi connectivity index (χ1) is 13.1.